The van der Waals surface area contributed by atoms with Gasteiger partial charge in [-0.2, -0.15) is 26.3 Å². The Morgan fingerprint density at radius 1 is 0.929 bits per heavy atom. The molecule has 0 spiro atoms. The standard InChI is InChI=1S/C16H28F6NO4P/c1-7-14(6,23-13(24)12(15(17,18)19)16(20,21)22)28(25,26-8-10(2)3)27-9-11(4)5/h10-12H,7-9H2,1-6H3,(H,23,24)/t14-/m0/s1. The first kappa shape index (κ1) is 27.2. The molecular weight excluding hydrogens is 415 g/mol. The summed E-state index contributed by atoms with van der Waals surface area (Å²) in [4.78, 5) is 12.0. The van der Waals surface area contributed by atoms with Crippen LogP contribution >= 0.6 is 7.60 Å². The molecule has 0 aliphatic carbocycles. The lowest BCUT2D eigenvalue weighted by Crippen LogP contribution is -2.55. The van der Waals surface area contributed by atoms with Gasteiger partial charge >= 0.3 is 19.9 Å². The molecule has 0 radical (unpaired) electrons. The molecule has 0 heterocycles. The van der Waals surface area contributed by atoms with Crippen molar-refractivity contribution in [1.29, 1.82) is 0 Å². The molecule has 1 N–H and O–H groups in total. The van der Waals surface area contributed by atoms with Gasteiger partial charge in [0.15, 0.2) is 0 Å². The van der Waals surface area contributed by atoms with Crippen molar-refractivity contribution < 1.29 is 44.7 Å². The van der Waals surface area contributed by atoms with Gasteiger partial charge in [-0.15, -0.1) is 0 Å². The minimum Gasteiger partial charge on any atom is -0.339 e. The second-order valence-corrected chi connectivity index (χ2v) is 10.0. The van der Waals surface area contributed by atoms with Gasteiger partial charge in [0.05, 0.1) is 13.2 Å². The van der Waals surface area contributed by atoms with Crippen molar-refractivity contribution in [3.05, 3.63) is 0 Å². The van der Waals surface area contributed by atoms with Crippen molar-refractivity contribution in [2.45, 2.75) is 65.6 Å². The third-order valence-electron chi connectivity index (χ3n) is 3.76. The highest BCUT2D eigenvalue weighted by molar-refractivity contribution is 7.55. The van der Waals surface area contributed by atoms with Crippen LogP contribution in [0.5, 0.6) is 0 Å². The van der Waals surface area contributed by atoms with E-state index in [2.05, 4.69) is 0 Å². The summed E-state index contributed by atoms with van der Waals surface area (Å²) in [6.07, 6.45) is -12.0. The quantitative estimate of drug-likeness (QED) is 0.357. The van der Waals surface area contributed by atoms with Crippen LogP contribution in [0.15, 0.2) is 0 Å². The summed E-state index contributed by atoms with van der Waals surface area (Å²) in [7, 11) is -4.31. The molecule has 12 heteroatoms. The number of rotatable bonds is 10. The summed E-state index contributed by atoms with van der Waals surface area (Å²) in [5, 5.41) is -0.428. The van der Waals surface area contributed by atoms with Gasteiger partial charge in [0.2, 0.25) is 11.8 Å². The Hall–Kier alpha value is -0.800. The van der Waals surface area contributed by atoms with E-state index in [0.717, 1.165) is 6.92 Å². The smallest absolute Gasteiger partial charge is 0.339 e. The number of halogens is 6. The average molecular weight is 443 g/mol. The molecule has 28 heavy (non-hydrogen) atoms. The Morgan fingerprint density at radius 3 is 1.54 bits per heavy atom. The van der Waals surface area contributed by atoms with E-state index in [1.54, 1.807) is 33.0 Å². The van der Waals surface area contributed by atoms with Gasteiger partial charge in [-0.05, 0) is 25.2 Å². The molecule has 168 valence electrons. The first-order valence-electron chi connectivity index (χ1n) is 8.74. The molecule has 0 rings (SSSR count). The molecule has 5 nitrogen and oxygen atoms in total. The minimum atomic E-state index is -5.86. The molecule has 1 amide bonds. The molecule has 0 saturated carbocycles. The van der Waals surface area contributed by atoms with Crippen LogP contribution in [0, 0.1) is 17.8 Å². The predicted molar refractivity (Wildman–Crippen MR) is 91.6 cm³/mol. The second-order valence-electron chi connectivity index (χ2n) is 7.51. The van der Waals surface area contributed by atoms with E-state index in [1.165, 1.54) is 6.92 Å². The van der Waals surface area contributed by atoms with Crippen molar-refractivity contribution in [2.24, 2.45) is 17.8 Å². The van der Waals surface area contributed by atoms with Gasteiger partial charge in [-0.1, -0.05) is 34.6 Å². The van der Waals surface area contributed by atoms with Crippen LogP contribution in [0.3, 0.4) is 0 Å². The summed E-state index contributed by atoms with van der Waals surface area (Å²) >= 11 is 0. The second kappa shape index (κ2) is 9.80. The number of carbonyl (C=O) groups excluding carboxylic acids is 1. The van der Waals surface area contributed by atoms with Crippen LogP contribution in [0.2, 0.25) is 0 Å². The number of carbonyl (C=O) groups is 1. The number of amides is 1. The molecule has 0 aromatic rings. The largest absolute Gasteiger partial charge is 0.409 e. The maximum atomic E-state index is 13.3. The molecule has 0 aliphatic rings. The summed E-state index contributed by atoms with van der Waals surface area (Å²) in [5.74, 6) is -6.91. The molecule has 0 saturated heterocycles. The highest BCUT2D eigenvalue weighted by atomic mass is 31.2. The Kier molecular flexibility index (Phi) is 9.52. The molecule has 0 fully saturated rings. The van der Waals surface area contributed by atoms with E-state index in [4.69, 9.17) is 9.05 Å². The predicted octanol–water partition coefficient (Wildman–Crippen LogP) is 5.51. The van der Waals surface area contributed by atoms with Gasteiger partial charge < -0.3 is 14.4 Å². The maximum Gasteiger partial charge on any atom is 0.409 e. The van der Waals surface area contributed by atoms with Crippen molar-refractivity contribution in [3.63, 3.8) is 0 Å². The number of nitrogens with one attached hydrogen (secondary N) is 1. The van der Waals surface area contributed by atoms with Crippen LogP contribution in [0.25, 0.3) is 0 Å². The van der Waals surface area contributed by atoms with Gasteiger partial charge in [0, 0.05) is 0 Å². The van der Waals surface area contributed by atoms with Gasteiger partial charge in [-0.25, -0.2) is 0 Å². The summed E-state index contributed by atoms with van der Waals surface area (Å²) in [6, 6.07) is 0. The van der Waals surface area contributed by atoms with E-state index in [-0.39, 0.29) is 31.5 Å². The molecule has 0 aromatic heterocycles. The van der Waals surface area contributed by atoms with Gasteiger partial charge in [0.1, 0.15) is 5.28 Å². The molecule has 0 aromatic carbocycles. The van der Waals surface area contributed by atoms with Crippen molar-refractivity contribution in [1.82, 2.24) is 5.32 Å². The number of hydrogen-bond donors (Lipinski definition) is 1. The fourth-order valence-electron chi connectivity index (χ4n) is 1.99. The van der Waals surface area contributed by atoms with Crippen LogP contribution in [-0.2, 0) is 18.4 Å². The highest BCUT2D eigenvalue weighted by Crippen LogP contribution is 2.60. The van der Waals surface area contributed by atoms with Gasteiger partial charge in [-0.3, -0.25) is 9.36 Å². The average Bonchev–Trinajstić information content (AvgIpc) is 2.47. The molecular formula is C16H28F6NO4P. The number of hydrogen-bond acceptors (Lipinski definition) is 4. The molecule has 0 bridgehead atoms. The first-order chi connectivity index (χ1) is 12.4. The lowest BCUT2D eigenvalue weighted by Gasteiger charge is -2.38. The molecule has 1 atom stereocenters. The topological polar surface area (TPSA) is 64.6 Å². The number of alkyl halides is 6. The fourth-order valence-corrected chi connectivity index (χ4v) is 4.26. The Balaban J connectivity index is 5.93. The van der Waals surface area contributed by atoms with E-state index in [1.807, 2.05) is 0 Å². The lowest BCUT2D eigenvalue weighted by atomic mass is 10.1. The lowest BCUT2D eigenvalue weighted by molar-refractivity contribution is -0.274. The summed E-state index contributed by atoms with van der Waals surface area (Å²) < 4.78 is 101. The zero-order valence-electron chi connectivity index (χ0n) is 16.7. The normalized spacial score (nSPS) is 16.0. The Labute approximate surface area is 161 Å². The van der Waals surface area contributed by atoms with Gasteiger partial charge in [0.25, 0.3) is 0 Å². The van der Waals surface area contributed by atoms with Crippen LogP contribution < -0.4 is 5.32 Å². The van der Waals surface area contributed by atoms with E-state index < -0.39 is 37.1 Å². The summed E-state index contributed by atoms with van der Waals surface area (Å²) in [5.41, 5.74) is 0. The Bertz CT molecular complexity index is 534. The summed E-state index contributed by atoms with van der Waals surface area (Å²) in [6.45, 7) is 8.98. The Morgan fingerprint density at radius 2 is 1.29 bits per heavy atom. The van der Waals surface area contributed by atoms with Crippen molar-refractivity contribution >= 4 is 13.5 Å². The first-order valence-corrected chi connectivity index (χ1v) is 10.3. The van der Waals surface area contributed by atoms with E-state index in [0.29, 0.717) is 0 Å². The third kappa shape index (κ3) is 7.55. The van der Waals surface area contributed by atoms with E-state index in [9.17, 15) is 35.7 Å². The minimum absolute atomic E-state index is 0.122. The molecule has 0 aliphatic heterocycles. The van der Waals surface area contributed by atoms with Crippen molar-refractivity contribution in [3.8, 4) is 0 Å². The monoisotopic (exact) mass is 443 g/mol. The zero-order valence-corrected chi connectivity index (χ0v) is 17.6. The van der Waals surface area contributed by atoms with Crippen LogP contribution in [-0.4, -0.2) is 36.8 Å². The third-order valence-corrected chi connectivity index (χ3v) is 6.37. The molecule has 0 unspecified atom stereocenters. The highest BCUT2D eigenvalue weighted by Gasteiger charge is 2.62. The SMILES string of the molecule is CC[C@@](C)(NC(=O)C(C(F)(F)F)C(F)(F)F)P(=O)(OCC(C)C)OCC(C)C. The van der Waals surface area contributed by atoms with Crippen LogP contribution in [0.1, 0.15) is 48.0 Å². The van der Waals surface area contributed by atoms with E-state index >= 15 is 0 Å². The fraction of sp³-hybridized carbons (Fsp3) is 0.938. The van der Waals surface area contributed by atoms with Crippen molar-refractivity contribution in [2.75, 3.05) is 13.2 Å². The van der Waals surface area contributed by atoms with Crippen LogP contribution in [0.4, 0.5) is 26.3 Å². The zero-order chi connectivity index (χ0) is 22.6. The maximum absolute atomic E-state index is 13.3.